The molecule has 1 aliphatic heterocycles. The molecule has 1 fully saturated rings. The van der Waals surface area contributed by atoms with Gasteiger partial charge in [0.15, 0.2) is 0 Å². The number of benzene rings is 1. The van der Waals surface area contributed by atoms with Gasteiger partial charge in [-0.1, -0.05) is 6.07 Å². The summed E-state index contributed by atoms with van der Waals surface area (Å²) in [6.07, 6.45) is 2.39. The molecule has 1 aromatic rings. The van der Waals surface area contributed by atoms with Crippen LogP contribution in [0.1, 0.15) is 29.6 Å². The van der Waals surface area contributed by atoms with Gasteiger partial charge in [-0.3, -0.25) is 9.59 Å². The van der Waals surface area contributed by atoms with E-state index in [9.17, 15) is 9.59 Å². The summed E-state index contributed by atoms with van der Waals surface area (Å²) in [7, 11) is 0. The molecule has 6 nitrogen and oxygen atoms in total. The zero-order valence-electron chi connectivity index (χ0n) is 11.9. The van der Waals surface area contributed by atoms with Crippen molar-refractivity contribution in [3.05, 3.63) is 29.8 Å². The lowest BCUT2D eigenvalue weighted by Gasteiger charge is -2.23. The minimum Gasteiger partial charge on any atom is -0.493 e. The number of amides is 2. The highest BCUT2D eigenvalue weighted by molar-refractivity contribution is 5.93. The van der Waals surface area contributed by atoms with Gasteiger partial charge in [0.1, 0.15) is 5.75 Å². The normalized spacial score (nSPS) is 18.0. The fourth-order valence-corrected chi connectivity index (χ4v) is 2.28. The summed E-state index contributed by atoms with van der Waals surface area (Å²) in [6.45, 7) is 2.12. The molecular weight excluding hydrogens is 270 g/mol. The molecular formula is C15H21N3O3. The van der Waals surface area contributed by atoms with Gasteiger partial charge in [-0.05, 0) is 37.6 Å². The van der Waals surface area contributed by atoms with Crippen LogP contribution in [0.2, 0.25) is 0 Å². The molecule has 1 aliphatic rings. The largest absolute Gasteiger partial charge is 0.493 e. The van der Waals surface area contributed by atoms with Crippen molar-refractivity contribution in [1.29, 1.82) is 0 Å². The Labute approximate surface area is 124 Å². The lowest BCUT2D eigenvalue weighted by atomic mass is 10.1. The van der Waals surface area contributed by atoms with Crippen molar-refractivity contribution in [2.75, 3.05) is 19.7 Å². The third-order valence-corrected chi connectivity index (χ3v) is 3.38. The van der Waals surface area contributed by atoms with Crippen LogP contribution in [-0.2, 0) is 4.79 Å². The number of piperidine rings is 1. The summed E-state index contributed by atoms with van der Waals surface area (Å²) in [5.74, 6) is 0.0242. The Hall–Kier alpha value is -2.08. The summed E-state index contributed by atoms with van der Waals surface area (Å²) in [6, 6.07) is 6.84. The van der Waals surface area contributed by atoms with Gasteiger partial charge >= 0.3 is 0 Å². The molecule has 2 rings (SSSR count). The van der Waals surface area contributed by atoms with Gasteiger partial charge in [-0.15, -0.1) is 0 Å². The molecule has 2 amide bonds. The zero-order chi connectivity index (χ0) is 15.1. The van der Waals surface area contributed by atoms with Crippen LogP contribution in [-0.4, -0.2) is 37.6 Å². The van der Waals surface area contributed by atoms with Crippen LogP contribution >= 0.6 is 0 Å². The number of primary amides is 1. The van der Waals surface area contributed by atoms with E-state index in [4.69, 9.17) is 10.5 Å². The highest BCUT2D eigenvalue weighted by Gasteiger charge is 2.15. The molecule has 0 aromatic heterocycles. The molecule has 21 heavy (non-hydrogen) atoms. The monoisotopic (exact) mass is 291 g/mol. The molecule has 1 saturated heterocycles. The molecule has 0 saturated carbocycles. The van der Waals surface area contributed by atoms with E-state index in [2.05, 4.69) is 10.6 Å². The maximum absolute atomic E-state index is 11.8. The minimum absolute atomic E-state index is 0.0187. The standard InChI is InChI=1S/C15H21N3O3/c16-15(20)11-3-1-5-13(9-11)21-8-6-14(19)18-12-4-2-7-17-10-12/h1,3,5,9,12,17H,2,4,6-8,10H2,(H2,16,20)(H,18,19). The Morgan fingerprint density at radius 3 is 3.00 bits per heavy atom. The Morgan fingerprint density at radius 1 is 1.43 bits per heavy atom. The average Bonchev–Trinajstić information content (AvgIpc) is 2.48. The third-order valence-electron chi connectivity index (χ3n) is 3.38. The first-order valence-electron chi connectivity index (χ1n) is 7.18. The second-order valence-electron chi connectivity index (χ2n) is 5.10. The maximum atomic E-state index is 11.8. The number of hydrogen-bond donors (Lipinski definition) is 3. The first-order valence-corrected chi connectivity index (χ1v) is 7.18. The van der Waals surface area contributed by atoms with E-state index in [1.807, 2.05) is 0 Å². The zero-order valence-corrected chi connectivity index (χ0v) is 11.9. The Morgan fingerprint density at radius 2 is 2.29 bits per heavy atom. The first kappa shape index (κ1) is 15.3. The van der Waals surface area contributed by atoms with Gasteiger partial charge in [-0.2, -0.15) is 0 Å². The number of hydrogen-bond acceptors (Lipinski definition) is 4. The molecule has 4 N–H and O–H groups in total. The maximum Gasteiger partial charge on any atom is 0.248 e. The third kappa shape index (κ3) is 5.07. The number of carbonyl (C=O) groups excluding carboxylic acids is 2. The van der Waals surface area contributed by atoms with E-state index in [1.54, 1.807) is 24.3 Å². The number of rotatable bonds is 6. The van der Waals surface area contributed by atoms with Crippen molar-refractivity contribution in [1.82, 2.24) is 10.6 Å². The highest BCUT2D eigenvalue weighted by Crippen LogP contribution is 2.13. The second kappa shape index (κ2) is 7.64. The van der Waals surface area contributed by atoms with Crippen LogP contribution in [0.5, 0.6) is 5.75 Å². The smallest absolute Gasteiger partial charge is 0.248 e. The van der Waals surface area contributed by atoms with Crippen molar-refractivity contribution >= 4 is 11.8 Å². The van der Waals surface area contributed by atoms with Gasteiger partial charge in [0.05, 0.1) is 13.0 Å². The molecule has 0 bridgehead atoms. The molecule has 1 atom stereocenters. The van der Waals surface area contributed by atoms with E-state index in [0.29, 0.717) is 11.3 Å². The minimum atomic E-state index is -0.497. The lowest BCUT2D eigenvalue weighted by molar-refractivity contribution is -0.122. The lowest BCUT2D eigenvalue weighted by Crippen LogP contribution is -2.45. The average molecular weight is 291 g/mol. The number of carbonyl (C=O) groups is 2. The second-order valence-corrected chi connectivity index (χ2v) is 5.10. The molecule has 1 heterocycles. The fraction of sp³-hybridized carbons (Fsp3) is 0.467. The molecule has 0 radical (unpaired) electrons. The SMILES string of the molecule is NC(=O)c1cccc(OCCC(=O)NC2CCCNC2)c1. The quantitative estimate of drug-likeness (QED) is 0.708. The molecule has 6 heteroatoms. The molecule has 0 aliphatic carbocycles. The highest BCUT2D eigenvalue weighted by atomic mass is 16.5. The van der Waals surface area contributed by atoms with Crippen molar-refractivity contribution in [3.63, 3.8) is 0 Å². The molecule has 1 aromatic carbocycles. The van der Waals surface area contributed by atoms with Crippen LogP contribution < -0.4 is 21.1 Å². The van der Waals surface area contributed by atoms with Crippen LogP contribution in [0.4, 0.5) is 0 Å². The van der Waals surface area contributed by atoms with Gasteiger partial charge in [-0.25, -0.2) is 0 Å². The van der Waals surface area contributed by atoms with Gasteiger partial charge in [0, 0.05) is 18.2 Å². The summed E-state index contributed by atoms with van der Waals surface area (Å²) in [5, 5.41) is 6.23. The van der Waals surface area contributed by atoms with E-state index in [0.717, 1.165) is 25.9 Å². The van der Waals surface area contributed by atoms with Crippen LogP contribution in [0.15, 0.2) is 24.3 Å². The van der Waals surface area contributed by atoms with Crippen molar-refractivity contribution in [2.45, 2.75) is 25.3 Å². The van der Waals surface area contributed by atoms with E-state index < -0.39 is 5.91 Å². The van der Waals surface area contributed by atoms with Crippen LogP contribution in [0.3, 0.4) is 0 Å². The Bertz CT molecular complexity index is 499. The number of ether oxygens (including phenoxy) is 1. The summed E-state index contributed by atoms with van der Waals surface area (Å²) >= 11 is 0. The van der Waals surface area contributed by atoms with E-state index in [1.165, 1.54) is 0 Å². The van der Waals surface area contributed by atoms with Crippen LogP contribution in [0.25, 0.3) is 0 Å². The number of nitrogens with one attached hydrogen (secondary N) is 2. The van der Waals surface area contributed by atoms with Gasteiger partial charge < -0.3 is 21.1 Å². The summed E-state index contributed by atoms with van der Waals surface area (Å²) in [4.78, 5) is 22.8. The predicted octanol–water partition coefficient (Wildman–Crippen LogP) is 0.423. The van der Waals surface area contributed by atoms with Crippen molar-refractivity contribution in [3.8, 4) is 5.75 Å². The van der Waals surface area contributed by atoms with E-state index in [-0.39, 0.29) is 25.0 Å². The fourth-order valence-electron chi connectivity index (χ4n) is 2.28. The molecule has 114 valence electrons. The topological polar surface area (TPSA) is 93.5 Å². The van der Waals surface area contributed by atoms with Crippen molar-refractivity contribution in [2.24, 2.45) is 5.73 Å². The Balaban J connectivity index is 1.72. The number of nitrogens with two attached hydrogens (primary N) is 1. The van der Waals surface area contributed by atoms with Gasteiger partial charge in [0.2, 0.25) is 11.8 Å². The summed E-state index contributed by atoms with van der Waals surface area (Å²) in [5.41, 5.74) is 5.59. The van der Waals surface area contributed by atoms with Crippen molar-refractivity contribution < 1.29 is 14.3 Å². The van der Waals surface area contributed by atoms with E-state index >= 15 is 0 Å². The van der Waals surface area contributed by atoms with Crippen LogP contribution in [0, 0.1) is 0 Å². The first-order chi connectivity index (χ1) is 10.1. The Kier molecular flexibility index (Phi) is 5.57. The molecule has 1 unspecified atom stereocenters. The predicted molar refractivity (Wildman–Crippen MR) is 79.1 cm³/mol. The van der Waals surface area contributed by atoms with Gasteiger partial charge in [0.25, 0.3) is 0 Å². The summed E-state index contributed by atoms with van der Waals surface area (Å²) < 4.78 is 5.47. The molecule has 0 spiro atoms.